The highest BCUT2D eigenvalue weighted by Crippen LogP contribution is 2.28. The number of benzene rings is 2. The highest BCUT2D eigenvalue weighted by Gasteiger charge is 2.06. The van der Waals surface area contributed by atoms with Gasteiger partial charge in [-0.1, -0.05) is 29.8 Å². The molecule has 4 nitrogen and oxygen atoms in total. The van der Waals surface area contributed by atoms with E-state index in [1.807, 2.05) is 54.9 Å². The molecule has 0 atom stereocenters. The number of aromatic nitrogens is 4. The summed E-state index contributed by atoms with van der Waals surface area (Å²) in [6.07, 6.45) is 7.15. The molecule has 6 rings (SSSR count). The summed E-state index contributed by atoms with van der Waals surface area (Å²) in [6.45, 7) is 2.11. The lowest BCUT2D eigenvalue weighted by atomic mass is 10.1. The molecule has 4 aromatic heterocycles. The molecule has 0 unspecified atom stereocenters. The van der Waals surface area contributed by atoms with Gasteiger partial charge < -0.3 is 0 Å². The fourth-order valence-corrected chi connectivity index (χ4v) is 3.96. The second-order valence-corrected chi connectivity index (χ2v) is 7.41. The first kappa shape index (κ1) is 18.4. The normalized spacial score (nSPS) is 11.0. The van der Waals surface area contributed by atoms with Crippen molar-refractivity contribution < 1.29 is 0 Å². The van der Waals surface area contributed by atoms with E-state index in [9.17, 15) is 0 Å². The van der Waals surface area contributed by atoms with Crippen LogP contribution in [0.4, 0.5) is 0 Å². The van der Waals surface area contributed by atoms with Gasteiger partial charge in [-0.15, -0.1) is 0 Å². The predicted molar refractivity (Wildman–Crippen MR) is 124 cm³/mol. The maximum Gasteiger partial charge on any atom is 0.0979 e. The number of pyridine rings is 4. The minimum atomic E-state index is 0.721. The summed E-state index contributed by atoms with van der Waals surface area (Å²) in [5.74, 6) is 0. The topological polar surface area (TPSA) is 51.6 Å². The van der Waals surface area contributed by atoms with Gasteiger partial charge in [0.2, 0.25) is 0 Å². The van der Waals surface area contributed by atoms with E-state index in [1.165, 1.54) is 10.9 Å². The SMILES string of the molecule is Cc1cc2cccnc2c2ncccc12.Clc1cc2cccnc2c2ncccc12. The van der Waals surface area contributed by atoms with Gasteiger partial charge in [0.05, 0.1) is 27.1 Å². The van der Waals surface area contributed by atoms with Gasteiger partial charge in [0.25, 0.3) is 0 Å². The lowest BCUT2D eigenvalue weighted by molar-refractivity contribution is 1.36. The molecule has 0 aliphatic heterocycles. The van der Waals surface area contributed by atoms with Crippen molar-refractivity contribution >= 4 is 55.2 Å². The van der Waals surface area contributed by atoms with Crippen LogP contribution in [0.2, 0.25) is 5.02 Å². The third-order valence-electron chi connectivity index (χ3n) is 5.08. The third-order valence-corrected chi connectivity index (χ3v) is 5.39. The van der Waals surface area contributed by atoms with Crippen molar-refractivity contribution in [2.75, 3.05) is 0 Å². The van der Waals surface area contributed by atoms with Crippen LogP contribution in [0.15, 0.2) is 85.5 Å². The number of halogens is 1. The van der Waals surface area contributed by atoms with E-state index in [0.717, 1.165) is 43.2 Å². The number of nitrogens with zero attached hydrogens (tertiary/aromatic N) is 4. The van der Waals surface area contributed by atoms with Crippen LogP contribution in [0.25, 0.3) is 43.6 Å². The molecule has 0 bridgehead atoms. The molecular weight excluding hydrogens is 392 g/mol. The predicted octanol–water partition coefficient (Wildman–Crippen LogP) is 6.53. The molecule has 0 saturated carbocycles. The van der Waals surface area contributed by atoms with Gasteiger partial charge in [0.1, 0.15) is 0 Å². The van der Waals surface area contributed by atoms with Gasteiger partial charge in [-0.05, 0) is 55.0 Å². The summed E-state index contributed by atoms with van der Waals surface area (Å²) >= 11 is 6.17. The molecule has 144 valence electrons. The van der Waals surface area contributed by atoms with Crippen LogP contribution in [0.5, 0.6) is 0 Å². The Kier molecular flexibility index (Phi) is 4.69. The van der Waals surface area contributed by atoms with Gasteiger partial charge >= 0.3 is 0 Å². The minimum absolute atomic E-state index is 0.721. The van der Waals surface area contributed by atoms with Gasteiger partial charge in [0.15, 0.2) is 0 Å². The molecule has 6 aromatic rings. The van der Waals surface area contributed by atoms with Crippen LogP contribution in [-0.2, 0) is 0 Å². The fraction of sp³-hybridized carbons (Fsp3) is 0.0400. The molecule has 0 N–H and O–H groups in total. The second-order valence-electron chi connectivity index (χ2n) is 7.00. The van der Waals surface area contributed by atoms with E-state index in [0.29, 0.717) is 0 Å². The fourth-order valence-electron chi connectivity index (χ4n) is 3.69. The van der Waals surface area contributed by atoms with Gasteiger partial charge in [-0.2, -0.15) is 0 Å². The third kappa shape index (κ3) is 3.21. The summed E-state index contributed by atoms with van der Waals surface area (Å²) in [4.78, 5) is 17.4. The van der Waals surface area contributed by atoms with Crippen molar-refractivity contribution in [3.63, 3.8) is 0 Å². The van der Waals surface area contributed by atoms with E-state index in [1.54, 1.807) is 12.4 Å². The van der Waals surface area contributed by atoms with Crippen LogP contribution < -0.4 is 0 Å². The van der Waals surface area contributed by atoms with Crippen LogP contribution in [-0.4, -0.2) is 19.9 Å². The van der Waals surface area contributed by atoms with Crippen molar-refractivity contribution in [1.82, 2.24) is 19.9 Å². The summed E-state index contributed by atoms with van der Waals surface area (Å²) in [5.41, 5.74) is 4.99. The second kappa shape index (κ2) is 7.65. The first-order chi connectivity index (χ1) is 14.7. The maximum atomic E-state index is 6.17. The molecule has 5 heteroatoms. The number of hydrogen-bond acceptors (Lipinski definition) is 4. The largest absolute Gasteiger partial charge is 0.254 e. The van der Waals surface area contributed by atoms with Gasteiger partial charge in [-0.3, -0.25) is 19.9 Å². The Morgan fingerprint density at radius 3 is 1.67 bits per heavy atom. The Hall–Kier alpha value is -3.63. The standard InChI is InChI=1S/C13H10N2.C12H7ClN2/c1-9-8-10-4-2-6-14-12(10)13-11(9)5-3-7-15-13;13-10-7-8-3-1-5-14-11(8)12-9(10)4-2-6-15-12/h2-8H,1H3;1-7H. The van der Waals surface area contributed by atoms with Crippen LogP contribution in [0, 0.1) is 6.92 Å². The Morgan fingerprint density at radius 1 is 0.567 bits per heavy atom. The average molecular weight is 409 g/mol. The van der Waals surface area contributed by atoms with E-state index >= 15 is 0 Å². The highest BCUT2D eigenvalue weighted by atomic mass is 35.5. The zero-order valence-electron chi connectivity index (χ0n) is 16.2. The van der Waals surface area contributed by atoms with E-state index in [2.05, 4.69) is 45.1 Å². The Balaban J connectivity index is 0.000000128. The summed E-state index contributed by atoms with van der Waals surface area (Å²) in [6, 6.07) is 19.9. The molecule has 0 amide bonds. The number of rotatable bonds is 0. The lowest BCUT2D eigenvalue weighted by Gasteiger charge is -2.04. The minimum Gasteiger partial charge on any atom is -0.254 e. The summed E-state index contributed by atoms with van der Waals surface area (Å²) in [5, 5.41) is 5.03. The molecule has 0 spiro atoms. The Bertz CT molecular complexity index is 1410. The first-order valence-corrected chi connectivity index (χ1v) is 9.97. The smallest absolute Gasteiger partial charge is 0.0979 e. The van der Waals surface area contributed by atoms with Crippen molar-refractivity contribution in [2.24, 2.45) is 0 Å². The van der Waals surface area contributed by atoms with Crippen molar-refractivity contribution in [3.8, 4) is 0 Å². The Morgan fingerprint density at radius 2 is 1.03 bits per heavy atom. The van der Waals surface area contributed by atoms with Crippen molar-refractivity contribution in [3.05, 3.63) is 96.0 Å². The maximum absolute atomic E-state index is 6.17. The monoisotopic (exact) mass is 408 g/mol. The van der Waals surface area contributed by atoms with Crippen LogP contribution >= 0.6 is 11.6 Å². The molecule has 0 radical (unpaired) electrons. The number of aryl methyl sites for hydroxylation is 1. The van der Waals surface area contributed by atoms with Crippen LogP contribution in [0.1, 0.15) is 5.56 Å². The van der Waals surface area contributed by atoms with Crippen LogP contribution in [0.3, 0.4) is 0 Å². The molecule has 0 saturated heterocycles. The van der Waals surface area contributed by atoms with Crippen molar-refractivity contribution in [1.29, 1.82) is 0 Å². The molecule has 0 aliphatic carbocycles. The molecular formula is C25H17ClN4. The molecule has 30 heavy (non-hydrogen) atoms. The lowest BCUT2D eigenvalue weighted by Crippen LogP contribution is -1.86. The zero-order valence-corrected chi connectivity index (χ0v) is 17.0. The molecule has 0 fully saturated rings. The number of hydrogen-bond donors (Lipinski definition) is 0. The van der Waals surface area contributed by atoms with E-state index in [4.69, 9.17) is 11.6 Å². The van der Waals surface area contributed by atoms with E-state index < -0.39 is 0 Å². The van der Waals surface area contributed by atoms with Gasteiger partial charge in [-0.25, -0.2) is 0 Å². The van der Waals surface area contributed by atoms with Gasteiger partial charge in [0, 0.05) is 46.3 Å². The average Bonchev–Trinajstić information content (AvgIpc) is 2.80. The summed E-state index contributed by atoms with van der Waals surface area (Å²) in [7, 11) is 0. The molecule has 4 heterocycles. The molecule has 2 aromatic carbocycles. The number of fused-ring (bicyclic) bond motifs is 6. The van der Waals surface area contributed by atoms with Crippen molar-refractivity contribution in [2.45, 2.75) is 6.92 Å². The quantitative estimate of drug-likeness (QED) is 0.268. The summed E-state index contributed by atoms with van der Waals surface area (Å²) < 4.78 is 0. The first-order valence-electron chi connectivity index (χ1n) is 9.59. The highest BCUT2D eigenvalue weighted by molar-refractivity contribution is 6.37. The Labute approximate surface area is 178 Å². The molecule has 0 aliphatic rings. The van der Waals surface area contributed by atoms with E-state index in [-0.39, 0.29) is 0 Å². The zero-order chi connectivity index (χ0) is 20.5.